The molecule has 0 radical (unpaired) electrons. The summed E-state index contributed by atoms with van der Waals surface area (Å²) >= 11 is 6.17. The lowest BCUT2D eigenvalue weighted by atomic mass is 10.1. The molecule has 1 aliphatic rings. The molecule has 0 spiro atoms. The van der Waals surface area contributed by atoms with Gasteiger partial charge in [-0.1, -0.05) is 24.1 Å². The minimum absolute atomic E-state index is 0.413. The van der Waals surface area contributed by atoms with Crippen molar-refractivity contribution < 1.29 is 0 Å². The molecule has 4 heterocycles. The minimum Gasteiger partial charge on any atom is -0.384 e. The first-order chi connectivity index (χ1) is 13.7. The number of pyridine rings is 3. The van der Waals surface area contributed by atoms with Crippen LogP contribution < -0.4 is 16.4 Å². The van der Waals surface area contributed by atoms with E-state index in [1.165, 1.54) is 38.5 Å². The number of hydrogen-bond donors (Lipinski definition) is 3. The minimum atomic E-state index is 0.413. The summed E-state index contributed by atoms with van der Waals surface area (Å²) in [6.45, 7) is 3.17. The maximum Gasteiger partial charge on any atom is 0.126 e. The maximum atomic E-state index is 6.17. The number of aromatic nitrogens is 3. The normalized spacial score (nSPS) is 13.3. The summed E-state index contributed by atoms with van der Waals surface area (Å²) in [5.74, 6) is 1.18. The Kier molecular flexibility index (Phi) is 7.58. The number of nitrogens with one attached hydrogen (secondary N) is 2. The molecule has 4 N–H and O–H groups in total. The van der Waals surface area contributed by atoms with E-state index in [9.17, 15) is 0 Å². The molecule has 146 valence electrons. The molecule has 0 aromatic carbocycles. The van der Waals surface area contributed by atoms with Gasteiger partial charge in [0.2, 0.25) is 0 Å². The van der Waals surface area contributed by atoms with E-state index >= 15 is 0 Å². The molecule has 1 fully saturated rings. The van der Waals surface area contributed by atoms with Gasteiger partial charge in [0.1, 0.15) is 11.6 Å². The van der Waals surface area contributed by atoms with Gasteiger partial charge in [-0.2, -0.15) is 0 Å². The van der Waals surface area contributed by atoms with Crippen LogP contribution in [0.15, 0.2) is 55.0 Å². The summed E-state index contributed by atoms with van der Waals surface area (Å²) in [5.41, 5.74) is 8.37. The molecule has 7 heteroatoms. The van der Waals surface area contributed by atoms with Crippen LogP contribution in [0.3, 0.4) is 0 Å². The number of nitrogens with two attached hydrogens (primary N) is 1. The molecular weight excluding hydrogens is 372 g/mol. The lowest BCUT2D eigenvalue weighted by Gasteiger charge is -2.09. The zero-order valence-electron chi connectivity index (χ0n) is 15.7. The zero-order chi connectivity index (χ0) is 19.6. The van der Waals surface area contributed by atoms with E-state index in [-0.39, 0.29) is 0 Å². The SMILES string of the molecule is C1CCNCC1.Nc1cc(-c2cccc(NCc3ccncc3)n2)c(Cl)cn1. The number of rotatable bonds is 4. The summed E-state index contributed by atoms with van der Waals surface area (Å²) in [6, 6.07) is 11.3. The first-order valence-electron chi connectivity index (χ1n) is 9.44. The largest absolute Gasteiger partial charge is 0.384 e. The van der Waals surface area contributed by atoms with Crippen LogP contribution in [-0.2, 0) is 6.54 Å². The predicted octanol–water partition coefficient (Wildman–Crippen LogP) is 4.15. The van der Waals surface area contributed by atoms with Gasteiger partial charge < -0.3 is 16.4 Å². The zero-order valence-corrected chi connectivity index (χ0v) is 16.5. The Labute approximate surface area is 170 Å². The van der Waals surface area contributed by atoms with Crippen LogP contribution in [0.2, 0.25) is 5.02 Å². The molecule has 1 aliphatic heterocycles. The monoisotopic (exact) mass is 396 g/mol. The topological polar surface area (TPSA) is 88.8 Å². The second-order valence-electron chi connectivity index (χ2n) is 6.52. The van der Waals surface area contributed by atoms with Crippen LogP contribution >= 0.6 is 11.6 Å². The molecule has 0 unspecified atom stereocenters. The van der Waals surface area contributed by atoms with Crippen molar-refractivity contribution in [1.29, 1.82) is 0 Å². The third kappa shape index (κ3) is 6.18. The van der Waals surface area contributed by atoms with Gasteiger partial charge in [0.25, 0.3) is 0 Å². The molecule has 0 saturated carbocycles. The van der Waals surface area contributed by atoms with Gasteiger partial charge in [-0.15, -0.1) is 0 Å². The van der Waals surface area contributed by atoms with Gasteiger partial charge >= 0.3 is 0 Å². The smallest absolute Gasteiger partial charge is 0.126 e. The van der Waals surface area contributed by atoms with Crippen LogP contribution in [0.4, 0.5) is 11.6 Å². The number of anilines is 2. The number of hydrogen-bond acceptors (Lipinski definition) is 6. The summed E-state index contributed by atoms with van der Waals surface area (Å²) in [7, 11) is 0. The van der Waals surface area contributed by atoms with E-state index in [1.54, 1.807) is 18.5 Å². The van der Waals surface area contributed by atoms with E-state index in [1.807, 2.05) is 30.3 Å². The fraction of sp³-hybridized carbons (Fsp3) is 0.286. The van der Waals surface area contributed by atoms with Gasteiger partial charge in [0.05, 0.1) is 10.7 Å². The highest BCUT2D eigenvalue weighted by Crippen LogP contribution is 2.27. The summed E-state index contributed by atoms with van der Waals surface area (Å²) in [5, 5.41) is 7.08. The van der Waals surface area contributed by atoms with Crippen molar-refractivity contribution in [3.05, 3.63) is 65.6 Å². The molecule has 0 aliphatic carbocycles. The Balaban J connectivity index is 0.000000320. The molecule has 28 heavy (non-hydrogen) atoms. The highest BCUT2D eigenvalue weighted by atomic mass is 35.5. The number of nitrogens with zero attached hydrogens (tertiary/aromatic N) is 3. The molecule has 1 saturated heterocycles. The van der Waals surface area contributed by atoms with Crippen LogP contribution in [0.25, 0.3) is 11.3 Å². The Morgan fingerprint density at radius 2 is 1.86 bits per heavy atom. The quantitative estimate of drug-likeness (QED) is 0.614. The molecule has 3 aromatic rings. The van der Waals surface area contributed by atoms with Crippen molar-refractivity contribution in [2.75, 3.05) is 24.1 Å². The highest BCUT2D eigenvalue weighted by Gasteiger charge is 2.07. The Bertz CT molecular complexity index is 856. The van der Waals surface area contributed by atoms with Crippen LogP contribution in [0.5, 0.6) is 0 Å². The van der Waals surface area contributed by atoms with Crippen molar-refractivity contribution in [2.24, 2.45) is 0 Å². The summed E-state index contributed by atoms with van der Waals surface area (Å²) in [6.07, 6.45) is 9.28. The standard InChI is InChI=1S/C16H14ClN5.C5H11N/c17-13-10-20-15(18)8-12(13)14-2-1-3-16(22-14)21-9-11-4-6-19-7-5-11;1-2-4-6-5-3-1/h1-8,10H,9H2,(H2,18,20)(H,21,22);6H,1-5H2. The van der Waals surface area contributed by atoms with Crippen LogP contribution in [0, 0.1) is 0 Å². The molecule has 0 bridgehead atoms. The van der Waals surface area contributed by atoms with Crippen molar-refractivity contribution in [3.8, 4) is 11.3 Å². The van der Waals surface area contributed by atoms with E-state index < -0.39 is 0 Å². The average Bonchev–Trinajstić information content (AvgIpc) is 2.76. The number of nitrogen functional groups attached to an aromatic ring is 1. The Hall–Kier alpha value is -2.70. The van der Waals surface area contributed by atoms with E-state index in [0.29, 0.717) is 17.4 Å². The second-order valence-corrected chi connectivity index (χ2v) is 6.92. The lowest BCUT2D eigenvalue weighted by Crippen LogP contribution is -2.21. The molecule has 0 amide bonds. The Morgan fingerprint density at radius 3 is 2.54 bits per heavy atom. The molecular formula is C21H25ClN6. The average molecular weight is 397 g/mol. The fourth-order valence-corrected chi connectivity index (χ4v) is 3.03. The van der Waals surface area contributed by atoms with Gasteiger partial charge in [-0.05, 0) is 61.8 Å². The maximum absolute atomic E-state index is 6.17. The second kappa shape index (κ2) is 10.6. The third-order valence-electron chi connectivity index (χ3n) is 4.33. The van der Waals surface area contributed by atoms with Crippen molar-refractivity contribution in [3.63, 3.8) is 0 Å². The van der Waals surface area contributed by atoms with E-state index in [4.69, 9.17) is 17.3 Å². The summed E-state index contributed by atoms with van der Waals surface area (Å²) in [4.78, 5) is 12.5. The lowest BCUT2D eigenvalue weighted by molar-refractivity contribution is 0.520. The highest BCUT2D eigenvalue weighted by molar-refractivity contribution is 6.33. The number of halogens is 1. The van der Waals surface area contributed by atoms with Gasteiger partial charge in [0.15, 0.2) is 0 Å². The number of piperidine rings is 1. The molecule has 4 rings (SSSR count). The van der Waals surface area contributed by atoms with Gasteiger partial charge in [-0.25, -0.2) is 9.97 Å². The van der Waals surface area contributed by atoms with Crippen molar-refractivity contribution in [1.82, 2.24) is 20.3 Å². The van der Waals surface area contributed by atoms with E-state index in [2.05, 4.69) is 25.6 Å². The first-order valence-corrected chi connectivity index (χ1v) is 9.82. The van der Waals surface area contributed by atoms with Gasteiger partial charge in [0, 0.05) is 30.7 Å². The third-order valence-corrected chi connectivity index (χ3v) is 4.63. The fourth-order valence-electron chi connectivity index (χ4n) is 2.83. The van der Waals surface area contributed by atoms with Crippen molar-refractivity contribution >= 4 is 23.2 Å². The molecule has 3 aromatic heterocycles. The Morgan fingerprint density at radius 1 is 1.07 bits per heavy atom. The van der Waals surface area contributed by atoms with Crippen LogP contribution in [0.1, 0.15) is 24.8 Å². The molecule has 0 atom stereocenters. The van der Waals surface area contributed by atoms with E-state index in [0.717, 1.165) is 22.6 Å². The van der Waals surface area contributed by atoms with Gasteiger partial charge in [-0.3, -0.25) is 4.98 Å². The molecule has 6 nitrogen and oxygen atoms in total. The summed E-state index contributed by atoms with van der Waals surface area (Å²) < 4.78 is 0. The van der Waals surface area contributed by atoms with Crippen LogP contribution in [-0.4, -0.2) is 28.0 Å². The predicted molar refractivity (Wildman–Crippen MR) is 115 cm³/mol. The van der Waals surface area contributed by atoms with Crippen molar-refractivity contribution in [2.45, 2.75) is 25.8 Å². The first kappa shape index (κ1) is 20.0.